The Kier molecular flexibility index (Phi) is 10.1. The molecule has 2 fully saturated rings. The maximum absolute atomic E-state index is 14.2. The van der Waals surface area contributed by atoms with Crippen LogP contribution in [0.2, 0.25) is 0 Å². The summed E-state index contributed by atoms with van der Waals surface area (Å²) in [5, 5.41) is 13.8. The minimum Gasteiger partial charge on any atom is -0.508 e. The number of carbonyl (C=O) groups is 1. The third-order valence-electron chi connectivity index (χ3n) is 9.28. The van der Waals surface area contributed by atoms with Crippen molar-refractivity contribution in [3.63, 3.8) is 0 Å². The van der Waals surface area contributed by atoms with Crippen LogP contribution in [0.1, 0.15) is 45.5 Å². The van der Waals surface area contributed by atoms with Gasteiger partial charge in [0, 0.05) is 74.1 Å². The molecule has 1 amide bonds. The van der Waals surface area contributed by atoms with E-state index in [1.54, 1.807) is 36.4 Å². The highest BCUT2D eigenvalue weighted by molar-refractivity contribution is 6.13. The van der Waals surface area contributed by atoms with Crippen molar-refractivity contribution >= 4 is 28.8 Å². The highest BCUT2D eigenvalue weighted by Crippen LogP contribution is 2.35. The lowest BCUT2D eigenvalue weighted by atomic mass is 9.90. The second-order valence-corrected chi connectivity index (χ2v) is 12.9. The van der Waals surface area contributed by atoms with Gasteiger partial charge in [-0.15, -0.1) is 0 Å². The summed E-state index contributed by atoms with van der Waals surface area (Å²) in [7, 11) is 2.11. The largest absolute Gasteiger partial charge is 0.508 e. The van der Waals surface area contributed by atoms with Gasteiger partial charge in [-0.05, 0) is 116 Å². The molecule has 256 valence electrons. The number of amidine groups is 1. The van der Waals surface area contributed by atoms with Gasteiger partial charge in [0.25, 0.3) is 5.91 Å². The molecule has 11 heteroatoms. The number of nitrogens with zero attached hydrogens (tertiary/aromatic N) is 3. The number of likely N-dealkylation sites (N-methyl/N-ethyl adjacent to an activating group) is 1. The van der Waals surface area contributed by atoms with E-state index in [0.29, 0.717) is 52.3 Å². The average molecular weight is 669 g/mol. The lowest BCUT2D eigenvalue weighted by Gasteiger charge is -2.34. The molecule has 4 aromatic rings. The molecule has 2 saturated heterocycles. The molecule has 0 bridgehead atoms. The van der Waals surface area contributed by atoms with Crippen LogP contribution in [0, 0.1) is 18.6 Å². The smallest absolute Gasteiger partial charge is 0.281 e. The van der Waals surface area contributed by atoms with E-state index in [0.717, 1.165) is 56.3 Å². The van der Waals surface area contributed by atoms with Crippen LogP contribution in [0.3, 0.4) is 0 Å². The fourth-order valence-corrected chi connectivity index (χ4v) is 6.50. The number of hydrogen-bond donors (Lipinski definition) is 4. The summed E-state index contributed by atoms with van der Waals surface area (Å²) >= 11 is 0. The van der Waals surface area contributed by atoms with Crippen LogP contribution in [-0.2, 0) is 11.2 Å². The molecule has 2 aliphatic heterocycles. The number of nitrogen functional groups attached to an aromatic ring is 1. The molecule has 0 unspecified atom stereocenters. The second kappa shape index (κ2) is 14.6. The first-order valence-corrected chi connectivity index (χ1v) is 16.5. The molecule has 49 heavy (non-hydrogen) atoms. The highest BCUT2D eigenvalue weighted by atomic mass is 19.1. The molecule has 6 rings (SSSR count). The molecule has 0 atom stereocenters. The first-order chi connectivity index (χ1) is 23.5. The molecule has 0 aliphatic carbocycles. The summed E-state index contributed by atoms with van der Waals surface area (Å²) in [4.78, 5) is 22.8. The van der Waals surface area contributed by atoms with Crippen molar-refractivity contribution in [2.45, 2.75) is 32.2 Å². The number of carbonyl (C=O) groups excluding carboxylic acids is 1. The Bertz CT molecular complexity index is 1860. The Morgan fingerprint density at radius 3 is 2.37 bits per heavy atom. The number of halogens is 2. The Morgan fingerprint density at radius 1 is 0.939 bits per heavy atom. The third kappa shape index (κ3) is 8.01. The van der Waals surface area contributed by atoms with Crippen LogP contribution in [0.4, 0.5) is 25.8 Å². The molecule has 9 nitrogen and oxygen atoms in total. The van der Waals surface area contributed by atoms with Crippen LogP contribution < -0.4 is 21.7 Å². The lowest BCUT2D eigenvalue weighted by molar-refractivity contribution is 0.0904. The number of amides is 1. The quantitative estimate of drug-likeness (QED) is 0.107. The molecule has 0 spiro atoms. The lowest BCUT2D eigenvalue weighted by Crippen LogP contribution is -2.44. The Balaban J connectivity index is 1.37. The SMILES string of the molecule is Cc1ccc(O)cc1-c1cc(N)c(C(N)=NC(=O)c2ccc(N3CCN(C)CC3)cc2NC2CCOCC2)cc1Cc1cc(F)cc(F)c1. The van der Waals surface area contributed by atoms with Gasteiger partial charge in [0.2, 0.25) is 0 Å². The summed E-state index contributed by atoms with van der Waals surface area (Å²) in [5.74, 6) is -1.96. The topological polar surface area (TPSA) is 129 Å². The summed E-state index contributed by atoms with van der Waals surface area (Å²) in [6, 6.07) is 17.6. The van der Waals surface area contributed by atoms with Gasteiger partial charge in [-0.1, -0.05) is 6.07 Å². The summed E-state index contributed by atoms with van der Waals surface area (Å²) in [5.41, 5.74) is 19.0. The van der Waals surface area contributed by atoms with Gasteiger partial charge < -0.3 is 36.4 Å². The molecule has 0 aromatic heterocycles. The van der Waals surface area contributed by atoms with E-state index in [4.69, 9.17) is 16.2 Å². The van der Waals surface area contributed by atoms with E-state index in [-0.39, 0.29) is 29.7 Å². The fraction of sp³-hybridized carbons (Fsp3) is 0.316. The van der Waals surface area contributed by atoms with Crippen molar-refractivity contribution < 1.29 is 23.4 Å². The van der Waals surface area contributed by atoms with Crippen LogP contribution in [0.25, 0.3) is 11.1 Å². The zero-order valence-corrected chi connectivity index (χ0v) is 27.8. The van der Waals surface area contributed by atoms with Crippen molar-refractivity contribution in [3.8, 4) is 16.9 Å². The van der Waals surface area contributed by atoms with Gasteiger partial charge in [0.15, 0.2) is 0 Å². The molecule has 0 saturated carbocycles. The van der Waals surface area contributed by atoms with Crippen LogP contribution in [0.5, 0.6) is 5.75 Å². The maximum atomic E-state index is 14.2. The van der Waals surface area contributed by atoms with Gasteiger partial charge >= 0.3 is 0 Å². The fourth-order valence-electron chi connectivity index (χ4n) is 6.50. The molecular weight excluding hydrogens is 626 g/mol. The first kappa shape index (κ1) is 33.9. The number of phenols is 1. The number of phenolic OH excluding ortho intramolecular Hbond substituents is 1. The van der Waals surface area contributed by atoms with Crippen molar-refractivity contribution in [3.05, 3.63) is 106 Å². The first-order valence-electron chi connectivity index (χ1n) is 16.5. The number of benzene rings is 4. The number of aryl methyl sites for hydroxylation is 1. The monoisotopic (exact) mass is 668 g/mol. The van der Waals surface area contributed by atoms with E-state index >= 15 is 0 Å². The standard InChI is InChI=1S/C38H42F2N6O3/c1-23-3-5-30(47)21-32(23)33-22-35(41)34(18-25(33)15-24-16-26(39)19-27(40)17-24)37(42)44-38(48)31-6-4-29(46-11-9-45(2)10-12-46)20-36(31)43-28-7-13-49-14-8-28/h3-6,16-22,28,43,47H,7-15,41H2,1-2H3,(H2,42,44,48). The van der Waals surface area contributed by atoms with Crippen LogP contribution in [0.15, 0.2) is 71.7 Å². The number of piperazine rings is 1. The maximum Gasteiger partial charge on any atom is 0.281 e. The van der Waals surface area contributed by atoms with Crippen molar-refractivity contribution in [1.82, 2.24) is 4.90 Å². The van der Waals surface area contributed by atoms with E-state index in [1.165, 1.54) is 12.1 Å². The van der Waals surface area contributed by atoms with Gasteiger partial charge in [-0.3, -0.25) is 4.79 Å². The minimum atomic E-state index is -0.698. The molecule has 2 heterocycles. The predicted octanol–water partition coefficient (Wildman–Crippen LogP) is 5.71. The molecular formula is C38H42F2N6O3. The van der Waals surface area contributed by atoms with Crippen molar-refractivity contribution in [2.75, 3.05) is 62.4 Å². The Hall–Kier alpha value is -5.00. The van der Waals surface area contributed by atoms with Gasteiger partial charge in [-0.25, -0.2) is 8.78 Å². The minimum absolute atomic E-state index is 0.0569. The van der Waals surface area contributed by atoms with Crippen LogP contribution in [-0.4, -0.2) is 74.2 Å². The number of aromatic hydroxyl groups is 1. The summed E-state index contributed by atoms with van der Waals surface area (Å²) in [6.07, 6.45) is 1.76. The van der Waals surface area contributed by atoms with E-state index < -0.39 is 17.5 Å². The molecule has 2 aliphatic rings. The number of aliphatic imine (C=N–C) groups is 1. The number of nitrogens with two attached hydrogens (primary N) is 2. The number of rotatable bonds is 8. The average Bonchev–Trinajstić information content (AvgIpc) is 3.07. The van der Waals surface area contributed by atoms with Gasteiger partial charge in [0.1, 0.15) is 23.2 Å². The van der Waals surface area contributed by atoms with E-state index in [1.807, 2.05) is 19.1 Å². The summed E-state index contributed by atoms with van der Waals surface area (Å²) < 4.78 is 33.9. The normalized spacial score (nSPS) is 16.2. The Labute approximate surface area is 285 Å². The number of nitrogens with one attached hydrogen (secondary N) is 1. The second-order valence-electron chi connectivity index (χ2n) is 12.9. The van der Waals surface area contributed by atoms with Gasteiger partial charge in [-0.2, -0.15) is 4.99 Å². The zero-order chi connectivity index (χ0) is 34.7. The van der Waals surface area contributed by atoms with E-state index in [2.05, 4.69) is 27.2 Å². The number of ether oxygens (including phenoxy) is 1. The highest BCUT2D eigenvalue weighted by Gasteiger charge is 2.22. The van der Waals surface area contributed by atoms with Crippen molar-refractivity contribution in [2.24, 2.45) is 10.7 Å². The van der Waals surface area contributed by atoms with E-state index in [9.17, 15) is 18.7 Å². The van der Waals surface area contributed by atoms with Crippen molar-refractivity contribution in [1.29, 1.82) is 0 Å². The van der Waals surface area contributed by atoms with Gasteiger partial charge in [0.05, 0.1) is 5.56 Å². The summed E-state index contributed by atoms with van der Waals surface area (Å²) in [6.45, 7) is 6.84. The predicted molar refractivity (Wildman–Crippen MR) is 191 cm³/mol. The zero-order valence-electron chi connectivity index (χ0n) is 27.8. The number of hydrogen-bond acceptors (Lipinski definition) is 7. The Morgan fingerprint density at radius 2 is 1.65 bits per heavy atom. The molecule has 6 N–H and O–H groups in total. The van der Waals surface area contributed by atoms with Crippen LogP contribution >= 0.6 is 0 Å². The molecule has 4 aromatic carbocycles. The third-order valence-corrected chi connectivity index (χ3v) is 9.28. The number of anilines is 3. The molecule has 0 radical (unpaired) electrons.